The SMILES string of the molecule is CC1COCCN1C(=O)c1cc(N)ccc1N(C)C. The van der Waals surface area contributed by atoms with Crippen LogP contribution >= 0.6 is 0 Å². The monoisotopic (exact) mass is 263 g/mol. The van der Waals surface area contributed by atoms with Crippen molar-refractivity contribution in [2.45, 2.75) is 13.0 Å². The number of morpholine rings is 1. The van der Waals surface area contributed by atoms with E-state index in [1.807, 2.05) is 43.0 Å². The summed E-state index contributed by atoms with van der Waals surface area (Å²) in [6, 6.07) is 5.54. The molecule has 2 rings (SSSR count). The Morgan fingerprint density at radius 2 is 2.21 bits per heavy atom. The van der Waals surface area contributed by atoms with Crippen molar-refractivity contribution in [3.05, 3.63) is 23.8 Å². The second-order valence-corrected chi connectivity index (χ2v) is 5.09. The first-order valence-electron chi connectivity index (χ1n) is 6.46. The van der Waals surface area contributed by atoms with Gasteiger partial charge in [0.1, 0.15) is 0 Å². The van der Waals surface area contributed by atoms with Crippen LogP contribution in [0, 0.1) is 0 Å². The molecule has 1 unspecified atom stereocenters. The van der Waals surface area contributed by atoms with Crippen LogP contribution < -0.4 is 10.6 Å². The summed E-state index contributed by atoms with van der Waals surface area (Å²) in [7, 11) is 3.84. The number of benzene rings is 1. The molecule has 1 aliphatic heterocycles. The predicted molar refractivity (Wildman–Crippen MR) is 76.5 cm³/mol. The third-order valence-electron chi connectivity index (χ3n) is 3.36. The van der Waals surface area contributed by atoms with Gasteiger partial charge in [0.2, 0.25) is 0 Å². The van der Waals surface area contributed by atoms with E-state index >= 15 is 0 Å². The van der Waals surface area contributed by atoms with Crippen molar-refractivity contribution in [3.8, 4) is 0 Å². The highest BCUT2D eigenvalue weighted by Gasteiger charge is 2.26. The molecule has 1 amide bonds. The molecule has 1 fully saturated rings. The zero-order valence-corrected chi connectivity index (χ0v) is 11.7. The number of nitrogens with two attached hydrogens (primary N) is 1. The Labute approximate surface area is 113 Å². The van der Waals surface area contributed by atoms with Crippen LogP contribution in [0.15, 0.2) is 18.2 Å². The van der Waals surface area contributed by atoms with Gasteiger partial charge in [0.25, 0.3) is 5.91 Å². The molecule has 0 bridgehead atoms. The molecule has 1 atom stereocenters. The third-order valence-corrected chi connectivity index (χ3v) is 3.36. The number of nitrogen functional groups attached to an aromatic ring is 1. The maximum atomic E-state index is 12.7. The zero-order chi connectivity index (χ0) is 14.0. The molecule has 0 spiro atoms. The maximum absolute atomic E-state index is 12.7. The Morgan fingerprint density at radius 1 is 1.47 bits per heavy atom. The minimum atomic E-state index is 0.0202. The minimum absolute atomic E-state index is 0.0202. The zero-order valence-electron chi connectivity index (χ0n) is 11.7. The van der Waals surface area contributed by atoms with Crippen LogP contribution in [-0.4, -0.2) is 50.7 Å². The summed E-state index contributed by atoms with van der Waals surface area (Å²) in [5, 5.41) is 0. The van der Waals surface area contributed by atoms with Gasteiger partial charge in [-0.1, -0.05) is 0 Å². The highest BCUT2D eigenvalue weighted by atomic mass is 16.5. The average Bonchev–Trinajstić information content (AvgIpc) is 2.38. The van der Waals surface area contributed by atoms with Crippen molar-refractivity contribution in [2.24, 2.45) is 0 Å². The fraction of sp³-hybridized carbons (Fsp3) is 0.500. The summed E-state index contributed by atoms with van der Waals surface area (Å²) in [6.45, 7) is 3.81. The van der Waals surface area contributed by atoms with Gasteiger partial charge in [-0.15, -0.1) is 0 Å². The first-order valence-corrected chi connectivity index (χ1v) is 6.46. The van der Waals surface area contributed by atoms with Crippen molar-refractivity contribution in [3.63, 3.8) is 0 Å². The molecule has 0 aromatic heterocycles. The molecule has 5 nitrogen and oxygen atoms in total. The van der Waals surface area contributed by atoms with E-state index in [1.165, 1.54) is 0 Å². The van der Waals surface area contributed by atoms with Crippen LogP contribution in [0.5, 0.6) is 0 Å². The van der Waals surface area contributed by atoms with E-state index in [1.54, 1.807) is 6.07 Å². The lowest BCUT2D eigenvalue weighted by molar-refractivity contribution is 0.00364. The quantitative estimate of drug-likeness (QED) is 0.814. The number of hydrogen-bond acceptors (Lipinski definition) is 4. The smallest absolute Gasteiger partial charge is 0.256 e. The number of carbonyl (C=O) groups is 1. The van der Waals surface area contributed by atoms with E-state index in [0.717, 1.165) is 5.69 Å². The van der Waals surface area contributed by atoms with Crippen LogP contribution in [0.3, 0.4) is 0 Å². The van der Waals surface area contributed by atoms with Crippen molar-refractivity contribution < 1.29 is 9.53 Å². The van der Waals surface area contributed by atoms with Crippen molar-refractivity contribution in [2.75, 3.05) is 44.5 Å². The maximum Gasteiger partial charge on any atom is 0.256 e. The third kappa shape index (κ3) is 2.81. The number of nitrogens with zero attached hydrogens (tertiary/aromatic N) is 2. The number of anilines is 2. The molecule has 19 heavy (non-hydrogen) atoms. The predicted octanol–water partition coefficient (Wildman–Crippen LogP) is 1.20. The highest BCUT2D eigenvalue weighted by Crippen LogP contribution is 2.24. The number of carbonyl (C=O) groups excluding carboxylic acids is 1. The van der Waals surface area contributed by atoms with Gasteiger partial charge in [0.05, 0.1) is 24.8 Å². The van der Waals surface area contributed by atoms with Crippen LogP contribution in [-0.2, 0) is 4.74 Å². The van der Waals surface area contributed by atoms with E-state index in [-0.39, 0.29) is 11.9 Å². The van der Waals surface area contributed by atoms with Crippen molar-refractivity contribution in [1.82, 2.24) is 4.90 Å². The second-order valence-electron chi connectivity index (χ2n) is 5.09. The molecule has 0 radical (unpaired) electrons. The van der Waals surface area contributed by atoms with Gasteiger partial charge in [-0.05, 0) is 25.1 Å². The average molecular weight is 263 g/mol. The fourth-order valence-electron chi connectivity index (χ4n) is 2.30. The van der Waals surface area contributed by atoms with E-state index in [9.17, 15) is 4.79 Å². The molecule has 1 aromatic carbocycles. The van der Waals surface area contributed by atoms with Gasteiger partial charge in [0, 0.05) is 32.0 Å². The number of rotatable bonds is 2. The molecule has 1 heterocycles. The standard InChI is InChI=1S/C14H21N3O2/c1-10-9-19-7-6-17(10)14(18)12-8-11(15)4-5-13(12)16(2)3/h4-5,8,10H,6-7,9,15H2,1-3H3. The summed E-state index contributed by atoms with van der Waals surface area (Å²) in [6.07, 6.45) is 0. The van der Waals surface area contributed by atoms with Crippen molar-refractivity contribution >= 4 is 17.3 Å². The first kappa shape index (κ1) is 13.7. The Balaban J connectivity index is 2.34. The first-order chi connectivity index (χ1) is 9.00. The van der Waals surface area contributed by atoms with Crippen LogP contribution in [0.4, 0.5) is 11.4 Å². The fourth-order valence-corrected chi connectivity index (χ4v) is 2.30. The van der Waals surface area contributed by atoms with E-state index in [0.29, 0.717) is 31.0 Å². The largest absolute Gasteiger partial charge is 0.399 e. The summed E-state index contributed by atoms with van der Waals surface area (Å²) in [5.41, 5.74) is 7.96. The molecule has 0 saturated carbocycles. The lowest BCUT2D eigenvalue weighted by atomic mass is 10.1. The van der Waals surface area contributed by atoms with Gasteiger partial charge in [0.15, 0.2) is 0 Å². The van der Waals surface area contributed by atoms with Gasteiger partial charge in [-0.2, -0.15) is 0 Å². The Morgan fingerprint density at radius 3 is 2.84 bits per heavy atom. The normalized spacial score (nSPS) is 19.3. The Hall–Kier alpha value is -1.75. The van der Waals surface area contributed by atoms with Gasteiger partial charge in [-0.3, -0.25) is 4.79 Å². The van der Waals surface area contributed by atoms with E-state index in [2.05, 4.69) is 0 Å². The summed E-state index contributed by atoms with van der Waals surface area (Å²) < 4.78 is 5.37. The van der Waals surface area contributed by atoms with Gasteiger partial charge < -0.3 is 20.3 Å². The number of hydrogen-bond donors (Lipinski definition) is 1. The van der Waals surface area contributed by atoms with Crippen LogP contribution in [0.25, 0.3) is 0 Å². The summed E-state index contributed by atoms with van der Waals surface area (Å²) in [4.78, 5) is 16.5. The lowest BCUT2D eigenvalue weighted by Crippen LogP contribution is -2.47. The topological polar surface area (TPSA) is 58.8 Å². The lowest BCUT2D eigenvalue weighted by Gasteiger charge is -2.34. The van der Waals surface area contributed by atoms with Crippen LogP contribution in [0.1, 0.15) is 17.3 Å². The number of amides is 1. The summed E-state index contributed by atoms with van der Waals surface area (Å²) >= 11 is 0. The minimum Gasteiger partial charge on any atom is -0.399 e. The molecule has 104 valence electrons. The molecular formula is C14H21N3O2. The van der Waals surface area contributed by atoms with E-state index < -0.39 is 0 Å². The van der Waals surface area contributed by atoms with Gasteiger partial charge >= 0.3 is 0 Å². The molecule has 5 heteroatoms. The van der Waals surface area contributed by atoms with Gasteiger partial charge in [-0.25, -0.2) is 0 Å². The Bertz CT molecular complexity index is 474. The second kappa shape index (κ2) is 5.48. The molecule has 0 aliphatic carbocycles. The Kier molecular flexibility index (Phi) is 3.95. The highest BCUT2D eigenvalue weighted by molar-refractivity contribution is 6.00. The summed E-state index contributed by atoms with van der Waals surface area (Å²) in [5.74, 6) is 0.0202. The molecule has 1 aromatic rings. The van der Waals surface area contributed by atoms with Crippen LogP contribution in [0.2, 0.25) is 0 Å². The molecule has 1 aliphatic rings. The number of ether oxygens (including phenoxy) is 1. The molecule has 2 N–H and O–H groups in total. The molecular weight excluding hydrogens is 242 g/mol. The van der Waals surface area contributed by atoms with Crippen molar-refractivity contribution in [1.29, 1.82) is 0 Å². The molecule has 1 saturated heterocycles. The van der Waals surface area contributed by atoms with E-state index in [4.69, 9.17) is 10.5 Å².